The highest BCUT2D eigenvalue weighted by Crippen LogP contribution is 2.39. The molecule has 4 aliphatic rings. The van der Waals surface area contributed by atoms with Crippen LogP contribution in [0.4, 0.5) is 14.6 Å². The molecule has 6 rings (SSSR count). The predicted octanol–water partition coefficient (Wildman–Crippen LogP) is 4.96. The fourth-order valence-corrected chi connectivity index (χ4v) is 6.53. The second-order valence-corrected chi connectivity index (χ2v) is 12.3. The maximum atomic E-state index is 15.2. The van der Waals surface area contributed by atoms with Gasteiger partial charge in [-0.05, 0) is 56.6 Å². The number of fused-ring (bicyclic) bond motifs is 1. The number of ether oxygens (including phenoxy) is 1. The van der Waals surface area contributed by atoms with Crippen molar-refractivity contribution in [1.82, 2.24) is 9.97 Å². The minimum absolute atomic E-state index is 0.0805. The molecule has 2 aliphatic heterocycles. The van der Waals surface area contributed by atoms with Gasteiger partial charge in [0.1, 0.15) is 27.3 Å². The molecule has 36 heavy (non-hydrogen) atoms. The van der Waals surface area contributed by atoms with Crippen LogP contribution in [0, 0.1) is 17.6 Å². The van der Waals surface area contributed by atoms with E-state index >= 15 is 4.39 Å². The van der Waals surface area contributed by atoms with Gasteiger partial charge in [-0.3, -0.25) is 4.99 Å². The molecule has 1 aromatic carbocycles. The van der Waals surface area contributed by atoms with Crippen LogP contribution in [0.25, 0.3) is 6.08 Å². The lowest BCUT2D eigenvalue weighted by molar-refractivity contribution is 0.402. The Balaban J connectivity index is 1.33. The highest BCUT2D eigenvalue weighted by molar-refractivity contribution is 7.91. The van der Waals surface area contributed by atoms with Gasteiger partial charge in [0.05, 0.1) is 23.7 Å². The fraction of sp³-hybridized carbons (Fsp3) is 0.423. The third kappa shape index (κ3) is 4.66. The number of aromatic nitrogens is 2. The standard InChI is InChI=1S/C26H26F2N4O3S/c1-14-8-18-19(9-14)25(28)22(11-20(18)27)35-26-30-21(16-4-6-36(33,34)7-5-16)12-24(32-26)31-23-10-17(13-29-23)15-2-3-15/h9-12,15-16H,2-8,13H2,1H3,(H,29,30,31,32). The monoisotopic (exact) mass is 512 g/mol. The van der Waals surface area contributed by atoms with Gasteiger partial charge in [-0.25, -0.2) is 17.2 Å². The van der Waals surface area contributed by atoms with E-state index in [0.717, 1.165) is 11.6 Å². The smallest absolute Gasteiger partial charge is 0.324 e. The number of aliphatic imine (C=N–C) groups is 1. The molecule has 3 heterocycles. The molecule has 7 nitrogen and oxygen atoms in total. The minimum Gasteiger partial charge on any atom is -0.421 e. The van der Waals surface area contributed by atoms with Crippen molar-refractivity contribution < 1.29 is 21.9 Å². The van der Waals surface area contributed by atoms with Gasteiger partial charge in [-0.15, -0.1) is 0 Å². The van der Waals surface area contributed by atoms with E-state index in [4.69, 9.17) is 4.74 Å². The maximum absolute atomic E-state index is 15.2. The third-order valence-corrected chi connectivity index (χ3v) is 8.90. The molecule has 0 spiro atoms. The summed E-state index contributed by atoms with van der Waals surface area (Å²) < 4.78 is 59.5. The Morgan fingerprint density at radius 1 is 1.03 bits per heavy atom. The van der Waals surface area contributed by atoms with Crippen LogP contribution in [-0.2, 0) is 16.3 Å². The average molecular weight is 513 g/mol. The quantitative estimate of drug-likeness (QED) is 0.609. The van der Waals surface area contributed by atoms with Crippen molar-refractivity contribution >= 4 is 27.6 Å². The molecule has 2 aromatic rings. The van der Waals surface area contributed by atoms with Crippen LogP contribution < -0.4 is 10.1 Å². The average Bonchev–Trinajstić information content (AvgIpc) is 3.44. The first-order valence-corrected chi connectivity index (χ1v) is 14.0. The van der Waals surface area contributed by atoms with Gasteiger partial charge in [0, 0.05) is 29.2 Å². The van der Waals surface area contributed by atoms with Gasteiger partial charge in [-0.1, -0.05) is 11.6 Å². The molecule has 1 N–H and O–H groups in total. The van der Waals surface area contributed by atoms with E-state index in [9.17, 15) is 12.8 Å². The van der Waals surface area contributed by atoms with Gasteiger partial charge in [0.2, 0.25) is 0 Å². The predicted molar refractivity (Wildman–Crippen MR) is 133 cm³/mol. The SMILES string of the molecule is CC1=Cc2c(F)c(Oc3nc(NC4=NCC(C5CC5)=C4)cc(C4CCS(=O)(=O)CC4)n3)cc(F)c2C1. The van der Waals surface area contributed by atoms with E-state index in [1.807, 2.05) is 13.0 Å². The highest BCUT2D eigenvalue weighted by Gasteiger charge is 2.30. The van der Waals surface area contributed by atoms with Crippen molar-refractivity contribution in [2.45, 2.75) is 44.9 Å². The number of benzene rings is 1. The zero-order valence-corrected chi connectivity index (χ0v) is 20.7. The number of rotatable bonds is 5. The van der Waals surface area contributed by atoms with Crippen LogP contribution >= 0.6 is 0 Å². The van der Waals surface area contributed by atoms with Crippen molar-refractivity contribution in [3.63, 3.8) is 0 Å². The summed E-state index contributed by atoms with van der Waals surface area (Å²) >= 11 is 0. The van der Waals surface area contributed by atoms with Gasteiger partial charge < -0.3 is 10.1 Å². The van der Waals surface area contributed by atoms with Gasteiger partial charge >= 0.3 is 6.01 Å². The lowest BCUT2D eigenvalue weighted by Crippen LogP contribution is -2.23. The number of nitrogens with one attached hydrogen (secondary N) is 1. The molecule has 2 aliphatic carbocycles. The summed E-state index contributed by atoms with van der Waals surface area (Å²) in [7, 11) is -3.05. The van der Waals surface area contributed by atoms with Crippen molar-refractivity contribution in [2.24, 2.45) is 10.9 Å². The Hall–Kier alpha value is -3.14. The van der Waals surface area contributed by atoms with Crippen molar-refractivity contribution in [3.8, 4) is 11.8 Å². The maximum Gasteiger partial charge on any atom is 0.324 e. The zero-order chi connectivity index (χ0) is 25.0. The second-order valence-electron chi connectivity index (χ2n) is 10.0. The Bertz CT molecular complexity index is 1450. The summed E-state index contributed by atoms with van der Waals surface area (Å²) in [5.41, 5.74) is 3.26. The zero-order valence-electron chi connectivity index (χ0n) is 19.9. The number of hydrogen-bond acceptors (Lipinski definition) is 7. The van der Waals surface area contributed by atoms with E-state index in [-0.39, 0.29) is 34.7 Å². The second kappa shape index (κ2) is 8.76. The lowest BCUT2D eigenvalue weighted by Gasteiger charge is -2.22. The molecule has 0 radical (unpaired) electrons. The molecule has 10 heteroatoms. The molecule has 0 bridgehead atoms. The van der Waals surface area contributed by atoms with Crippen LogP contribution in [0.1, 0.15) is 55.3 Å². The fourth-order valence-electron chi connectivity index (χ4n) is 5.04. The lowest BCUT2D eigenvalue weighted by atomic mass is 9.98. The molecule has 1 saturated heterocycles. The summed E-state index contributed by atoms with van der Waals surface area (Å²) in [6.45, 7) is 2.48. The Labute approximate surface area is 208 Å². The number of amidine groups is 1. The molecule has 0 amide bonds. The molecular formula is C26H26F2N4O3S. The molecule has 188 valence electrons. The van der Waals surface area contributed by atoms with Crippen LogP contribution in [-0.4, -0.2) is 42.3 Å². The number of allylic oxidation sites excluding steroid dienone is 1. The van der Waals surface area contributed by atoms with Crippen LogP contribution in [0.15, 0.2) is 34.3 Å². The summed E-state index contributed by atoms with van der Waals surface area (Å²) in [6, 6.07) is 2.65. The Morgan fingerprint density at radius 2 is 1.81 bits per heavy atom. The van der Waals surface area contributed by atoms with Gasteiger partial charge in [-0.2, -0.15) is 9.97 Å². The van der Waals surface area contributed by atoms with Gasteiger partial charge in [0.15, 0.2) is 11.6 Å². The Kier molecular flexibility index (Phi) is 5.66. The van der Waals surface area contributed by atoms with Crippen molar-refractivity contribution in [3.05, 3.63) is 57.8 Å². The molecule has 0 unspecified atom stereocenters. The first-order valence-electron chi connectivity index (χ1n) is 12.2. The summed E-state index contributed by atoms with van der Waals surface area (Å²) in [5, 5.41) is 3.20. The number of nitrogens with zero attached hydrogens (tertiary/aromatic N) is 3. The largest absolute Gasteiger partial charge is 0.421 e. The topological polar surface area (TPSA) is 93.5 Å². The minimum atomic E-state index is -3.05. The first kappa shape index (κ1) is 23.3. The van der Waals surface area contributed by atoms with Crippen LogP contribution in [0.5, 0.6) is 11.8 Å². The third-order valence-electron chi connectivity index (χ3n) is 7.18. The van der Waals surface area contributed by atoms with Crippen LogP contribution in [0.3, 0.4) is 0 Å². The van der Waals surface area contributed by atoms with Crippen molar-refractivity contribution in [1.29, 1.82) is 0 Å². The van der Waals surface area contributed by atoms with Gasteiger partial charge in [0.25, 0.3) is 0 Å². The number of hydrogen-bond donors (Lipinski definition) is 1. The number of sulfone groups is 1. The molecule has 2 fully saturated rings. The van der Waals surface area contributed by atoms with E-state index < -0.39 is 21.5 Å². The molecular weight excluding hydrogens is 486 g/mol. The van der Waals surface area contributed by atoms with E-state index in [2.05, 4.69) is 20.3 Å². The summed E-state index contributed by atoms with van der Waals surface area (Å²) in [5.74, 6) is 0.242. The van der Waals surface area contributed by atoms with E-state index in [1.165, 1.54) is 18.4 Å². The van der Waals surface area contributed by atoms with Crippen LogP contribution in [0.2, 0.25) is 0 Å². The summed E-state index contributed by atoms with van der Waals surface area (Å²) in [6.07, 6.45) is 7.24. The number of anilines is 1. The first-order chi connectivity index (χ1) is 17.2. The number of halogens is 2. The summed E-state index contributed by atoms with van der Waals surface area (Å²) in [4.78, 5) is 13.4. The molecule has 1 saturated carbocycles. The highest BCUT2D eigenvalue weighted by atomic mass is 32.2. The van der Waals surface area contributed by atoms with E-state index in [0.29, 0.717) is 54.6 Å². The normalized spacial score (nSPS) is 21.0. The molecule has 1 aromatic heterocycles. The van der Waals surface area contributed by atoms with E-state index in [1.54, 1.807) is 12.1 Å². The Morgan fingerprint density at radius 3 is 2.56 bits per heavy atom. The molecule has 0 atom stereocenters. The van der Waals surface area contributed by atoms with Crippen molar-refractivity contribution in [2.75, 3.05) is 23.4 Å².